The monoisotopic (exact) mass is 482 g/mol. The zero-order chi connectivity index (χ0) is 22.1. The molecule has 1 aliphatic rings. The van der Waals surface area contributed by atoms with Crippen LogP contribution in [0, 0.1) is 0 Å². The predicted octanol–water partition coefficient (Wildman–Crippen LogP) is 3.69. The van der Waals surface area contributed by atoms with Gasteiger partial charge in [-0.25, -0.2) is 0 Å². The molecule has 7 nitrogen and oxygen atoms in total. The molecular formula is C22H31BrN2O5. The van der Waals surface area contributed by atoms with Gasteiger partial charge in [-0.1, -0.05) is 26.2 Å². The molecule has 1 N–H and O–H groups in total. The first-order chi connectivity index (χ1) is 14.3. The Bertz CT molecular complexity index is 753. The van der Waals surface area contributed by atoms with Gasteiger partial charge in [-0.05, 0) is 54.4 Å². The van der Waals surface area contributed by atoms with E-state index in [0.29, 0.717) is 35.5 Å². The van der Waals surface area contributed by atoms with E-state index in [2.05, 4.69) is 28.2 Å². The summed E-state index contributed by atoms with van der Waals surface area (Å²) < 4.78 is 11.6. The number of nitrogens with zero attached hydrogens (tertiary/aromatic N) is 1. The third-order valence-corrected chi connectivity index (χ3v) is 5.37. The molecule has 2 rings (SSSR count). The van der Waals surface area contributed by atoms with Crippen LogP contribution in [0.5, 0.6) is 5.75 Å². The van der Waals surface area contributed by atoms with E-state index in [0.717, 1.165) is 12.8 Å². The van der Waals surface area contributed by atoms with Gasteiger partial charge < -0.3 is 19.7 Å². The lowest BCUT2D eigenvalue weighted by atomic mass is 10.1. The van der Waals surface area contributed by atoms with Crippen LogP contribution in [-0.4, -0.2) is 54.5 Å². The average Bonchev–Trinajstić information content (AvgIpc) is 2.69. The number of piperazine rings is 1. The van der Waals surface area contributed by atoms with Gasteiger partial charge in [0.25, 0.3) is 5.91 Å². The van der Waals surface area contributed by atoms with Gasteiger partial charge in [0, 0.05) is 18.7 Å². The molecule has 30 heavy (non-hydrogen) atoms. The van der Waals surface area contributed by atoms with Crippen LogP contribution in [0.15, 0.2) is 22.7 Å². The van der Waals surface area contributed by atoms with Gasteiger partial charge in [0.05, 0.1) is 23.6 Å². The van der Waals surface area contributed by atoms with Crippen LogP contribution in [0.1, 0.15) is 63.2 Å². The maximum absolute atomic E-state index is 13.1. The molecule has 0 radical (unpaired) electrons. The van der Waals surface area contributed by atoms with Crippen molar-refractivity contribution in [3.63, 3.8) is 0 Å². The van der Waals surface area contributed by atoms with Crippen molar-refractivity contribution >= 4 is 33.7 Å². The summed E-state index contributed by atoms with van der Waals surface area (Å²) in [5, 5.41) is 2.72. The van der Waals surface area contributed by atoms with Gasteiger partial charge in [0.15, 0.2) is 0 Å². The number of amides is 2. The van der Waals surface area contributed by atoms with E-state index in [1.54, 1.807) is 32.0 Å². The molecular weight excluding hydrogens is 452 g/mol. The number of halogens is 1. The van der Waals surface area contributed by atoms with E-state index in [1.165, 1.54) is 17.7 Å². The number of unbranched alkanes of at least 4 members (excludes halogenated alkanes) is 3. The standard InChI is InChI=1S/C22H31BrN2O5/c1-4-5-6-7-12-29-19-9-8-16(13-17(19)23)22(28)25-11-10-24-21(27)18(25)14-20(26)30-15(2)3/h8-9,13,15,18H,4-7,10-12,14H2,1-3H3,(H,24,27). The van der Waals surface area contributed by atoms with Crippen LogP contribution in [0.3, 0.4) is 0 Å². The van der Waals surface area contributed by atoms with Crippen LogP contribution in [0.2, 0.25) is 0 Å². The first kappa shape index (κ1) is 24.2. The number of carbonyl (C=O) groups is 3. The highest BCUT2D eigenvalue weighted by atomic mass is 79.9. The minimum atomic E-state index is -0.884. The Kier molecular flexibility index (Phi) is 9.62. The second-order valence-corrected chi connectivity index (χ2v) is 8.46. The van der Waals surface area contributed by atoms with Crippen molar-refractivity contribution in [2.24, 2.45) is 0 Å². The number of hydrogen-bond acceptors (Lipinski definition) is 5. The number of benzene rings is 1. The lowest BCUT2D eigenvalue weighted by molar-refractivity contribution is -0.151. The fourth-order valence-electron chi connectivity index (χ4n) is 3.26. The van der Waals surface area contributed by atoms with Crippen LogP contribution < -0.4 is 10.1 Å². The first-order valence-electron chi connectivity index (χ1n) is 10.5. The first-order valence-corrected chi connectivity index (χ1v) is 11.3. The number of esters is 1. The minimum absolute atomic E-state index is 0.171. The Balaban J connectivity index is 2.06. The zero-order valence-corrected chi connectivity index (χ0v) is 19.5. The van der Waals surface area contributed by atoms with Gasteiger partial charge in [0.1, 0.15) is 11.8 Å². The maximum atomic E-state index is 13.1. The van der Waals surface area contributed by atoms with Crippen molar-refractivity contribution in [1.82, 2.24) is 10.2 Å². The molecule has 166 valence electrons. The molecule has 0 saturated carbocycles. The molecule has 1 aromatic carbocycles. The second-order valence-electron chi connectivity index (χ2n) is 7.60. The number of nitrogens with one attached hydrogen (secondary N) is 1. The zero-order valence-electron chi connectivity index (χ0n) is 17.9. The van der Waals surface area contributed by atoms with Crippen LogP contribution in [0.25, 0.3) is 0 Å². The molecule has 1 heterocycles. The molecule has 0 aliphatic carbocycles. The highest BCUT2D eigenvalue weighted by Gasteiger charge is 2.35. The van der Waals surface area contributed by atoms with E-state index in [-0.39, 0.29) is 24.3 Å². The lowest BCUT2D eigenvalue weighted by Gasteiger charge is -2.34. The van der Waals surface area contributed by atoms with Gasteiger partial charge in [-0.2, -0.15) is 0 Å². The van der Waals surface area contributed by atoms with E-state index in [1.807, 2.05) is 0 Å². The van der Waals surface area contributed by atoms with Crippen molar-refractivity contribution in [1.29, 1.82) is 0 Å². The van der Waals surface area contributed by atoms with E-state index in [9.17, 15) is 14.4 Å². The van der Waals surface area contributed by atoms with Crippen molar-refractivity contribution in [3.8, 4) is 5.75 Å². The Morgan fingerprint density at radius 2 is 2.03 bits per heavy atom. The fraction of sp³-hybridized carbons (Fsp3) is 0.591. The third-order valence-electron chi connectivity index (χ3n) is 4.75. The van der Waals surface area contributed by atoms with Crippen LogP contribution in [0.4, 0.5) is 0 Å². The van der Waals surface area contributed by atoms with Gasteiger partial charge in [0.2, 0.25) is 5.91 Å². The molecule has 1 aromatic rings. The average molecular weight is 483 g/mol. The van der Waals surface area contributed by atoms with E-state index in [4.69, 9.17) is 9.47 Å². The summed E-state index contributed by atoms with van der Waals surface area (Å²) in [4.78, 5) is 38.9. The van der Waals surface area contributed by atoms with Gasteiger partial charge in [-0.3, -0.25) is 14.4 Å². The summed E-state index contributed by atoms with van der Waals surface area (Å²) in [5.41, 5.74) is 0.428. The summed E-state index contributed by atoms with van der Waals surface area (Å²) in [5.74, 6) is -0.474. The molecule has 2 amide bonds. The molecule has 1 unspecified atom stereocenters. The lowest BCUT2D eigenvalue weighted by Crippen LogP contribution is -2.57. The van der Waals surface area contributed by atoms with E-state index >= 15 is 0 Å². The second kappa shape index (κ2) is 11.9. The molecule has 0 bridgehead atoms. The summed E-state index contributed by atoms with van der Waals surface area (Å²) in [6, 6.07) is 4.25. The molecule has 1 aliphatic heterocycles. The highest BCUT2D eigenvalue weighted by molar-refractivity contribution is 9.10. The molecule has 1 atom stereocenters. The normalized spacial score (nSPS) is 16.4. The quantitative estimate of drug-likeness (QED) is 0.405. The summed E-state index contributed by atoms with van der Waals surface area (Å²) in [6.45, 7) is 6.95. The van der Waals surface area contributed by atoms with E-state index < -0.39 is 12.0 Å². The maximum Gasteiger partial charge on any atom is 0.308 e. The molecule has 0 spiro atoms. The SMILES string of the molecule is CCCCCCOc1ccc(C(=O)N2CCNC(=O)C2CC(=O)OC(C)C)cc1Br. The van der Waals surface area contributed by atoms with Crippen molar-refractivity contribution in [2.45, 2.75) is 65.0 Å². The largest absolute Gasteiger partial charge is 0.492 e. The smallest absolute Gasteiger partial charge is 0.308 e. The minimum Gasteiger partial charge on any atom is -0.492 e. The Labute approximate surface area is 186 Å². The Hall–Kier alpha value is -2.09. The Morgan fingerprint density at radius 3 is 2.70 bits per heavy atom. The van der Waals surface area contributed by atoms with Gasteiger partial charge >= 0.3 is 5.97 Å². The van der Waals surface area contributed by atoms with Gasteiger partial charge in [-0.15, -0.1) is 0 Å². The van der Waals surface area contributed by atoms with Crippen LogP contribution >= 0.6 is 15.9 Å². The third kappa shape index (κ3) is 7.00. The fourth-order valence-corrected chi connectivity index (χ4v) is 3.75. The number of carbonyl (C=O) groups excluding carboxylic acids is 3. The summed E-state index contributed by atoms with van der Waals surface area (Å²) >= 11 is 3.47. The summed E-state index contributed by atoms with van der Waals surface area (Å²) in [7, 11) is 0. The number of hydrogen-bond donors (Lipinski definition) is 1. The predicted molar refractivity (Wildman–Crippen MR) is 117 cm³/mol. The molecule has 8 heteroatoms. The number of ether oxygens (including phenoxy) is 2. The Morgan fingerprint density at radius 1 is 1.27 bits per heavy atom. The summed E-state index contributed by atoms with van der Waals surface area (Å²) in [6.07, 6.45) is 4.02. The highest BCUT2D eigenvalue weighted by Crippen LogP contribution is 2.27. The van der Waals surface area contributed by atoms with Crippen LogP contribution in [-0.2, 0) is 14.3 Å². The molecule has 1 saturated heterocycles. The topological polar surface area (TPSA) is 84.9 Å². The van der Waals surface area contributed by atoms with Crippen molar-refractivity contribution in [2.75, 3.05) is 19.7 Å². The molecule has 1 fully saturated rings. The molecule has 0 aromatic heterocycles. The van der Waals surface area contributed by atoms with Crippen molar-refractivity contribution in [3.05, 3.63) is 28.2 Å². The van der Waals surface area contributed by atoms with Crippen molar-refractivity contribution < 1.29 is 23.9 Å². The number of rotatable bonds is 10.